The number of carbonyl (C=O) groups excluding carboxylic acids is 1. The minimum absolute atomic E-state index is 0.350. The smallest absolute Gasteiger partial charge is 0.356 e. The summed E-state index contributed by atoms with van der Waals surface area (Å²) in [5, 5.41) is 9.21. The van der Waals surface area contributed by atoms with Crippen LogP contribution >= 0.6 is 0 Å². The lowest BCUT2D eigenvalue weighted by molar-refractivity contribution is 0.0519. The van der Waals surface area contributed by atoms with Crippen molar-refractivity contribution in [2.24, 2.45) is 0 Å². The molecule has 0 saturated heterocycles. The number of carbonyl (C=O) groups is 1. The molecule has 4 heteroatoms. The molecule has 0 aliphatic heterocycles. The fourth-order valence-electron chi connectivity index (χ4n) is 2.13. The molecule has 100 valence electrons. The van der Waals surface area contributed by atoms with Crippen molar-refractivity contribution in [2.45, 2.75) is 6.92 Å². The molecule has 0 unspecified atom stereocenters. The first-order chi connectivity index (χ1) is 9.78. The van der Waals surface area contributed by atoms with Crippen molar-refractivity contribution < 1.29 is 9.53 Å². The Kier molecular flexibility index (Phi) is 3.21. The van der Waals surface area contributed by atoms with Crippen molar-refractivity contribution in [3.05, 3.63) is 54.2 Å². The summed E-state index contributed by atoms with van der Waals surface area (Å²) in [5.74, 6) is -0.382. The van der Waals surface area contributed by atoms with Crippen molar-refractivity contribution in [1.29, 1.82) is 0 Å². The summed E-state index contributed by atoms with van der Waals surface area (Å²) in [6.45, 7) is 2.13. The van der Waals surface area contributed by atoms with Crippen molar-refractivity contribution in [3.63, 3.8) is 0 Å². The SMILES string of the molecule is CCOC(=O)c1cc(-c2ccc3ccccc3c2)n[nH]1. The van der Waals surface area contributed by atoms with E-state index >= 15 is 0 Å². The zero-order valence-electron chi connectivity index (χ0n) is 11.1. The van der Waals surface area contributed by atoms with Crippen LogP contribution < -0.4 is 0 Å². The summed E-state index contributed by atoms with van der Waals surface area (Å²) >= 11 is 0. The van der Waals surface area contributed by atoms with Crippen molar-refractivity contribution in [1.82, 2.24) is 10.2 Å². The van der Waals surface area contributed by atoms with Crippen LogP contribution in [0.3, 0.4) is 0 Å². The second-order valence-electron chi connectivity index (χ2n) is 4.45. The molecular formula is C16H14N2O2. The first kappa shape index (κ1) is 12.4. The van der Waals surface area contributed by atoms with Gasteiger partial charge in [0.25, 0.3) is 0 Å². The molecule has 0 fully saturated rings. The lowest BCUT2D eigenvalue weighted by Crippen LogP contribution is -2.04. The van der Waals surface area contributed by atoms with Gasteiger partial charge in [-0.1, -0.05) is 36.4 Å². The predicted molar refractivity (Wildman–Crippen MR) is 77.5 cm³/mol. The van der Waals surface area contributed by atoms with E-state index in [1.54, 1.807) is 13.0 Å². The van der Waals surface area contributed by atoms with Crippen molar-refractivity contribution in [3.8, 4) is 11.3 Å². The molecule has 1 heterocycles. The predicted octanol–water partition coefficient (Wildman–Crippen LogP) is 3.41. The first-order valence-corrected chi connectivity index (χ1v) is 6.49. The van der Waals surface area contributed by atoms with Gasteiger partial charge in [-0.15, -0.1) is 0 Å². The molecule has 0 atom stereocenters. The molecule has 4 nitrogen and oxygen atoms in total. The van der Waals surface area contributed by atoms with E-state index in [1.165, 1.54) is 5.39 Å². The highest BCUT2D eigenvalue weighted by molar-refractivity contribution is 5.90. The zero-order chi connectivity index (χ0) is 13.9. The standard InChI is InChI=1S/C16H14N2O2/c1-2-20-16(19)15-10-14(17-18-15)13-8-7-11-5-3-4-6-12(11)9-13/h3-10H,2H2,1H3,(H,17,18). The molecular weight excluding hydrogens is 252 g/mol. The average molecular weight is 266 g/mol. The molecule has 0 radical (unpaired) electrons. The number of benzene rings is 2. The van der Waals surface area contributed by atoms with Crippen LogP contribution in [-0.2, 0) is 4.74 Å². The van der Waals surface area contributed by atoms with Crippen LogP contribution in [0.2, 0.25) is 0 Å². The number of nitrogens with one attached hydrogen (secondary N) is 1. The number of hydrogen-bond donors (Lipinski definition) is 1. The Morgan fingerprint density at radius 2 is 1.95 bits per heavy atom. The van der Waals surface area contributed by atoms with Crippen LogP contribution in [0, 0.1) is 0 Å². The zero-order valence-corrected chi connectivity index (χ0v) is 11.1. The maximum absolute atomic E-state index is 11.6. The van der Waals surface area contributed by atoms with Crippen molar-refractivity contribution in [2.75, 3.05) is 6.61 Å². The number of fused-ring (bicyclic) bond motifs is 1. The summed E-state index contributed by atoms with van der Waals surface area (Å²) in [5.41, 5.74) is 2.07. The Balaban J connectivity index is 1.96. The number of esters is 1. The van der Waals surface area contributed by atoms with Crippen LogP contribution in [0.25, 0.3) is 22.0 Å². The fourth-order valence-corrected chi connectivity index (χ4v) is 2.13. The molecule has 0 aliphatic carbocycles. The van der Waals surface area contributed by atoms with Gasteiger partial charge in [0.05, 0.1) is 12.3 Å². The van der Waals surface area contributed by atoms with E-state index in [0.29, 0.717) is 12.3 Å². The second kappa shape index (κ2) is 5.17. The highest BCUT2D eigenvalue weighted by Crippen LogP contribution is 2.23. The fraction of sp³-hybridized carbons (Fsp3) is 0.125. The van der Waals surface area contributed by atoms with Gasteiger partial charge in [-0.3, -0.25) is 5.10 Å². The molecule has 1 N–H and O–H groups in total. The van der Waals surface area contributed by atoms with Gasteiger partial charge < -0.3 is 4.74 Å². The largest absolute Gasteiger partial charge is 0.461 e. The van der Waals surface area contributed by atoms with Gasteiger partial charge in [-0.2, -0.15) is 5.10 Å². The Hall–Kier alpha value is -2.62. The first-order valence-electron chi connectivity index (χ1n) is 6.49. The average Bonchev–Trinajstić information content (AvgIpc) is 2.97. The third-order valence-electron chi connectivity index (χ3n) is 3.12. The number of aromatic nitrogens is 2. The summed E-state index contributed by atoms with van der Waals surface area (Å²) in [7, 11) is 0. The summed E-state index contributed by atoms with van der Waals surface area (Å²) in [6, 6.07) is 15.9. The van der Waals surface area contributed by atoms with Crippen LogP contribution in [0.4, 0.5) is 0 Å². The highest BCUT2D eigenvalue weighted by Gasteiger charge is 2.11. The highest BCUT2D eigenvalue weighted by atomic mass is 16.5. The maximum Gasteiger partial charge on any atom is 0.356 e. The molecule has 0 amide bonds. The van der Waals surface area contributed by atoms with Crippen molar-refractivity contribution >= 4 is 16.7 Å². The molecule has 0 saturated carbocycles. The van der Waals surface area contributed by atoms with Gasteiger partial charge in [0.15, 0.2) is 0 Å². The van der Waals surface area contributed by atoms with E-state index in [2.05, 4.69) is 28.4 Å². The van der Waals surface area contributed by atoms with Gasteiger partial charge in [0.2, 0.25) is 0 Å². The van der Waals surface area contributed by atoms with Gasteiger partial charge in [-0.05, 0) is 29.8 Å². The second-order valence-corrected chi connectivity index (χ2v) is 4.45. The van der Waals surface area contributed by atoms with Gasteiger partial charge in [0, 0.05) is 5.56 Å². The lowest BCUT2D eigenvalue weighted by Gasteiger charge is -2.00. The lowest BCUT2D eigenvalue weighted by atomic mass is 10.1. The van der Waals surface area contributed by atoms with Gasteiger partial charge in [-0.25, -0.2) is 4.79 Å². The number of H-pyrrole nitrogens is 1. The quantitative estimate of drug-likeness (QED) is 0.739. The van der Waals surface area contributed by atoms with E-state index in [0.717, 1.165) is 16.6 Å². The third kappa shape index (κ3) is 2.28. The van der Waals surface area contributed by atoms with Crippen LogP contribution in [-0.4, -0.2) is 22.8 Å². The van der Waals surface area contributed by atoms with E-state index in [9.17, 15) is 4.79 Å². The summed E-state index contributed by atoms with van der Waals surface area (Å²) in [6.07, 6.45) is 0. The van der Waals surface area contributed by atoms with Crippen LogP contribution in [0.15, 0.2) is 48.5 Å². The number of rotatable bonds is 3. The Morgan fingerprint density at radius 1 is 1.15 bits per heavy atom. The number of ether oxygens (including phenoxy) is 1. The molecule has 1 aromatic heterocycles. The van der Waals surface area contributed by atoms with E-state index in [-0.39, 0.29) is 5.97 Å². The Morgan fingerprint density at radius 3 is 2.75 bits per heavy atom. The van der Waals surface area contributed by atoms with E-state index in [1.807, 2.05) is 24.3 Å². The van der Waals surface area contributed by atoms with Crippen LogP contribution in [0.1, 0.15) is 17.4 Å². The molecule has 0 spiro atoms. The van der Waals surface area contributed by atoms with Crippen LogP contribution in [0.5, 0.6) is 0 Å². The topological polar surface area (TPSA) is 55.0 Å². The van der Waals surface area contributed by atoms with Gasteiger partial charge >= 0.3 is 5.97 Å². The van der Waals surface area contributed by atoms with E-state index < -0.39 is 0 Å². The Bertz CT molecular complexity index is 762. The minimum Gasteiger partial charge on any atom is -0.461 e. The van der Waals surface area contributed by atoms with Gasteiger partial charge in [0.1, 0.15) is 5.69 Å². The number of hydrogen-bond acceptors (Lipinski definition) is 3. The molecule has 0 aliphatic rings. The number of aromatic amines is 1. The maximum atomic E-state index is 11.6. The molecule has 20 heavy (non-hydrogen) atoms. The molecule has 0 bridgehead atoms. The summed E-state index contributed by atoms with van der Waals surface area (Å²) < 4.78 is 4.94. The third-order valence-corrected chi connectivity index (χ3v) is 3.12. The minimum atomic E-state index is -0.382. The molecule has 3 rings (SSSR count). The molecule has 3 aromatic rings. The van der Waals surface area contributed by atoms with E-state index in [4.69, 9.17) is 4.74 Å². The monoisotopic (exact) mass is 266 g/mol. The molecule has 2 aromatic carbocycles. The summed E-state index contributed by atoms with van der Waals surface area (Å²) in [4.78, 5) is 11.6. The Labute approximate surface area is 116 Å². The number of nitrogens with zero attached hydrogens (tertiary/aromatic N) is 1. The normalized spacial score (nSPS) is 10.7.